The molecule has 0 fully saturated rings. The Labute approximate surface area is 215 Å². The number of aromatic nitrogens is 1. The Kier molecular flexibility index (Phi) is 9.77. The Morgan fingerprint density at radius 1 is 1.14 bits per heavy atom. The third-order valence-corrected chi connectivity index (χ3v) is 5.79. The number of ether oxygens (including phenoxy) is 2. The third-order valence-electron chi connectivity index (χ3n) is 5.79. The molecule has 0 aliphatic carbocycles. The number of benzene rings is 2. The largest absolute Gasteiger partial charge is 0.493 e. The number of carbonyl (C=O) groups is 1. The van der Waals surface area contributed by atoms with Crippen molar-refractivity contribution in [2.75, 3.05) is 7.11 Å². The second-order valence-corrected chi connectivity index (χ2v) is 8.97. The van der Waals surface area contributed by atoms with Gasteiger partial charge in [-0.2, -0.15) is 0 Å². The molecular formula is C29H32FNO6. The SMILES string of the molecule is COc1cc(C(C)C)c(/C=C/C(O)CC(O)CC(=O)O)c(-c2ccc(F)cc2)c1OCc1ccccn1. The van der Waals surface area contributed by atoms with Crippen LogP contribution in [0.5, 0.6) is 11.5 Å². The normalized spacial score (nSPS) is 13.1. The number of aliphatic hydroxyl groups excluding tert-OH is 2. The summed E-state index contributed by atoms with van der Waals surface area (Å²) in [5, 5.41) is 29.3. The zero-order chi connectivity index (χ0) is 26.9. The Bertz CT molecular complexity index is 1210. The van der Waals surface area contributed by atoms with Crippen LogP contribution in [0, 0.1) is 5.82 Å². The van der Waals surface area contributed by atoms with E-state index < -0.39 is 24.6 Å². The highest BCUT2D eigenvalue weighted by Crippen LogP contribution is 2.45. The lowest BCUT2D eigenvalue weighted by Gasteiger charge is -2.22. The van der Waals surface area contributed by atoms with Crippen molar-refractivity contribution < 1.29 is 34.0 Å². The van der Waals surface area contributed by atoms with Gasteiger partial charge < -0.3 is 24.8 Å². The predicted molar refractivity (Wildman–Crippen MR) is 139 cm³/mol. The summed E-state index contributed by atoms with van der Waals surface area (Å²) in [5.74, 6) is -0.550. The van der Waals surface area contributed by atoms with Crippen LogP contribution < -0.4 is 9.47 Å². The molecule has 7 nitrogen and oxygen atoms in total. The van der Waals surface area contributed by atoms with E-state index in [-0.39, 0.29) is 24.8 Å². The lowest BCUT2D eigenvalue weighted by Crippen LogP contribution is -2.19. The van der Waals surface area contributed by atoms with E-state index in [2.05, 4.69) is 4.98 Å². The molecule has 2 aromatic carbocycles. The van der Waals surface area contributed by atoms with Gasteiger partial charge in [0.15, 0.2) is 11.5 Å². The van der Waals surface area contributed by atoms with Gasteiger partial charge in [-0.05, 0) is 52.9 Å². The molecule has 3 rings (SSSR count). The summed E-state index contributed by atoms with van der Waals surface area (Å²) in [7, 11) is 1.55. The van der Waals surface area contributed by atoms with Gasteiger partial charge in [0.2, 0.25) is 0 Å². The van der Waals surface area contributed by atoms with Crippen LogP contribution in [0.4, 0.5) is 4.39 Å². The van der Waals surface area contributed by atoms with Gasteiger partial charge in [0.25, 0.3) is 0 Å². The maximum absolute atomic E-state index is 13.8. The molecular weight excluding hydrogens is 477 g/mol. The fourth-order valence-electron chi connectivity index (χ4n) is 4.01. The van der Waals surface area contributed by atoms with Crippen molar-refractivity contribution in [3.63, 3.8) is 0 Å². The highest BCUT2D eigenvalue weighted by Gasteiger charge is 2.23. The van der Waals surface area contributed by atoms with Crippen LogP contribution in [-0.4, -0.2) is 45.6 Å². The van der Waals surface area contributed by atoms with E-state index in [0.29, 0.717) is 28.3 Å². The molecule has 2 unspecified atom stereocenters. The number of halogens is 1. The molecule has 3 N–H and O–H groups in total. The summed E-state index contributed by atoms with van der Waals surface area (Å²) in [6.07, 6.45) is 2.03. The van der Waals surface area contributed by atoms with Crippen LogP contribution in [0.2, 0.25) is 0 Å². The number of pyridine rings is 1. The number of hydrogen-bond donors (Lipinski definition) is 3. The zero-order valence-electron chi connectivity index (χ0n) is 21.1. The molecule has 8 heteroatoms. The Balaban J connectivity index is 2.13. The average molecular weight is 510 g/mol. The first-order chi connectivity index (χ1) is 17.7. The Hall–Kier alpha value is -3.75. The van der Waals surface area contributed by atoms with Gasteiger partial charge in [0.05, 0.1) is 31.4 Å². The molecule has 0 spiro atoms. The van der Waals surface area contributed by atoms with Gasteiger partial charge in [0, 0.05) is 18.2 Å². The number of hydrogen-bond acceptors (Lipinski definition) is 6. The Morgan fingerprint density at radius 3 is 2.46 bits per heavy atom. The maximum Gasteiger partial charge on any atom is 0.305 e. The molecule has 0 radical (unpaired) electrons. The van der Waals surface area contributed by atoms with Crippen molar-refractivity contribution in [2.24, 2.45) is 0 Å². The maximum atomic E-state index is 13.8. The van der Waals surface area contributed by atoms with E-state index in [1.165, 1.54) is 18.2 Å². The first-order valence-electron chi connectivity index (χ1n) is 12.0. The molecule has 0 amide bonds. The highest BCUT2D eigenvalue weighted by molar-refractivity contribution is 5.85. The minimum absolute atomic E-state index is 0.0485. The van der Waals surface area contributed by atoms with Gasteiger partial charge in [-0.3, -0.25) is 9.78 Å². The van der Waals surface area contributed by atoms with Gasteiger partial charge in [-0.25, -0.2) is 4.39 Å². The average Bonchev–Trinajstić information content (AvgIpc) is 2.86. The van der Waals surface area contributed by atoms with Gasteiger partial charge in [-0.15, -0.1) is 0 Å². The van der Waals surface area contributed by atoms with Crippen molar-refractivity contribution in [1.29, 1.82) is 0 Å². The van der Waals surface area contributed by atoms with Crippen LogP contribution in [0.15, 0.2) is 60.8 Å². The van der Waals surface area contributed by atoms with E-state index in [4.69, 9.17) is 14.6 Å². The Morgan fingerprint density at radius 2 is 1.86 bits per heavy atom. The molecule has 0 saturated carbocycles. The lowest BCUT2D eigenvalue weighted by atomic mass is 9.88. The predicted octanol–water partition coefficient (Wildman–Crippen LogP) is 5.20. The summed E-state index contributed by atoms with van der Waals surface area (Å²) in [4.78, 5) is 15.2. The summed E-state index contributed by atoms with van der Waals surface area (Å²) >= 11 is 0. The molecule has 0 bridgehead atoms. The highest BCUT2D eigenvalue weighted by atomic mass is 19.1. The van der Waals surface area contributed by atoms with Crippen LogP contribution in [-0.2, 0) is 11.4 Å². The number of nitrogens with zero attached hydrogens (tertiary/aromatic N) is 1. The van der Waals surface area contributed by atoms with Crippen molar-refractivity contribution in [2.45, 2.75) is 51.4 Å². The zero-order valence-corrected chi connectivity index (χ0v) is 21.1. The van der Waals surface area contributed by atoms with E-state index in [9.17, 15) is 19.4 Å². The van der Waals surface area contributed by atoms with Gasteiger partial charge in [-0.1, -0.05) is 44.2 Å². The molecule has 1 heterocycles. The second kappa shape index (κ2) is 13.0. The molecule has 3 aromatic rings. The summed E-state index contributed by atoms with van der Waals surface area (Å²) < 4.78 is 25.8. The van der Waals surface area contributed by atoms with E-state index in [1.54, 1.807) is 31.5 Å². The van der Waals surface area contributed by atoms with E-state index >= 15 is 0 Å². The smallest absolute Gasteiger partial charge is 0.305 e. The second-order valence-electron chi connectivity index (χ2n) is 8.97. The molecule has 0 aliphatic rings. The van der Waals surface area contributed by atoms with Crippen molar-refractivity contribution in [1.82, 2.24) is 4.98 Å². The van der Waals surface area contributed by atoms with Crippen LogP contribution >= 0.6 is 0 Å². The molecule has 196 valence electrons. The molecule has 0 aliphatic heterocycles. The van der Waals surface area contributed by atoms with Crippen molar-refractivity contribution in [3.05, 3.63) is 83.4 Å². The van der Waals surface area contributed by atoms with Crippen molar-refractivity contribution >= 4 is 12.0 Å². The summed E-state index contributed by atoms with van der Waals surface area (Å²) in [6.45, 7) is 4.20. The van der Waals surface area contributed by atoms with Gasteiger partial charge >= 0.3 is 5.97 Å². The van der Waals surface area contributed by atoms with Crippen LogP contribution in [0.3, 0.4) is 0 Å². The first kappa shape index (κ1) is 27.8. The summed E-state index contributed by atoms with van der Waals surface area (Å²) in [6, 6.07) is 13.4. The monoisotopic (exact) mass is 509 g/mol. The lowest BCUT2D eigenvalue weighted by molar-refractivity contribution is -0.139. The fraction of sp³-hybridized carbons (Fsp3) is 0.310. The number of rotatable bonds is 12. The van der Waals surface area contributed by atoms with E-state index in [1.807, 2.05) is 38.1 Å². The molecule has 0 saturated heterocycles. The topological polar surface area (TPSA) is 109 Å². The number of aliphatic carboxylic acids is 1. The van der Waals surface area contributed by atoms with Crippen LogP contribution in [0.25, 0.3) is 17.2 Å². The summed E-state index contributed by atoms with van der Waals surface area (Å²) in [5.41, 5.74) is 3.66. The third kappa shape index (κ3) is 7.62. The minimum atomic E-state index is -1.19. The first-order valence-corrected chi connectivity index (χ1v) is 12.0. The standard InChI is InChI=1S/C29H32FNO6/c1-18(2)25-16-26(36-3)29(37-17-21-6-4-5-13-31-21)28(19-7-9-20(30)10-8-19)24(25)12-11-22(32)14-23(33)15-27(34)35/h4-13,16,18,22-23,32-33H,14-15,17H2,1-3H3,(H,34,35)/b12-11+. The quantitative estimate of drug-likeness (QED) is 0.308. The minimum Gasteiger partial charge on any atom is -0.493 e. The van der Waals surface area contributed by atoms with E-state index in [0.717, 1.165) is 11.1 Å². The van der Waals surface area contributed by atoms with Crippen molar-refractivity contribution in [3.8, 4) is 22.6 Å². The fourth-order valence-corrected chi connectivity index (χ4v) is 4.01. The van der Waals surface area contributed by atoms with Crippen LogP contribution in [0.1, 0.15) is 49.4 Å². The number of carboxylic acids is 1. The van der Waals surface area contributed by atoms with Gasteiger partial charge in [0.1, 0.15) is 12.4 Å². The molecule has 37 heavy (non-hydrogen) atoms. The number of aliphatic hydroxyl groups is 2. The molecule has 2 atom stereocenters. The molecule has 1 aromatic heterocycles. The number of carboxylic acid groups (broad SMARTS) is 1. The number of methoxy groups -OCH3 is 1.